The summed E-state index contributed by atoms with van der Waals surface area (Å²) in [7, 11) is 0. The van der Waals surface area contributed by atoms with Gasteiger partial charge in [-0.2, -0.15) is 4.98 Å². The lowest BCUT2D eigenvalue weighted by Gasteiger charge is -2.37. The summed E-state index contributed by atoms with van der Waals surface area (Å²) in [6.07, 6.45) is 0. The first-order chi connectivity index (χ1) is 16.4. The van der Waals surface area contributed by atoms with Crippen LogP contribution < -0.4 is 5.32 Å². The van der Waals surface area contributed by atoms with Gasteiger partial charge in [-0.3, -0.25) is 0 Å². The Morgan fingerprint density at radius 1 is 1.03 bits per heavy atom. The molecule has 7 heteroatoms. The van der Waals surface area contributed by atoms with Gasteiger partial charge in [0.2, 0.25) is 5.82 Å². The Bertz CT molecular complexity index is 1390. The first kappa shape index (κ1) is 22.5. The maximum absolute atomic E-state index is 5.87. The molecular formula is C27H26N4OS2. The number of rotatable bonds is 5. The Hall–Kier alpha value is -3.29. The van der Waals surface area contributed by atoms with Crippen LogP contribution >= 0.6 is 23.6 Å². The number of nitrogens with one attached hydrogen (secondary N) is 1. The van der Waals surface area contributed by atoms with Gasteiger partial charge in [0.15, 0.2) is 5.11 Å². The van der Waals surface area contributed by atoms with Gasteiger partial charge >= 0.3 is 0 Å². The minimum atomic E-state index is -0.183. The summed E-state index contributed by atoms with van der Waals surface area (Å²) in [6, 6.07) is 18.6. The molecule has 0 bridgehead atoms. The quantitative estimate of drug-likeness (QED) is 0.321. The van der Waals surface area contributed by atoms with Crippen LogP contribution in [0.3, 0.4) is 0 Å². The second kappa shape index (κ2) is 9.16. The summed E-state index contributed by atoms with van der Waals surface area (Å²) in [5.41, 5.74) is 7.65. The number of hydrogen-bond acceptors (Lipinski definition) is 5. The molecule has 34 heavy (non-hydrogen) atoms. The molecule has 5 nitrogen and oxygen atoms in total. The summed E-state index contributed by atoms with van der Waals surface area (Å²) in [4.78, 5) is 8.18. The number of thiocarbonyl (C=S) groups is 1. The molecule has 1 N–H and O–H groups in total. The van der Waals surface area contributed by atoms with E-state index in [0.29, 0.717) is 23.4 Å². The highest BCUT2D eigenvalue weighted by atomic mass is 32.1. The summed E-state index contributed by atoms with van der Waals surface area (Å²) in [6.45, 7) is 9.08. The van der Waals surface area contributed by atoms with Gasteiger partial charge in [0.25, 0.3) is 5.89 Å². The lowest BCUT2D eigenvalue weighted by molar-refractivity contribution is 0.396. The lowest BCUT2D eigenvalue weighted by atomic mass is 9.92. The van der Waals surface area contributed by atoms with E-state index in [2.05, 4.69) is 90.9 Å². The largest absolute Gasteiger partial charge is 0.351 e. The fourth-order valence-corrected chi connectivity index (χ4v) is 5.25. The van der Waals surface area contributed by atoms with Gasteiger partial charge < -0.3 is 14.7 Å². The Kier molecular flexibility index (Phi) is 6.06. The van der Waals surface area contributed by atoms with Crippen LogP contribution in [0.5, 0.6) is 0 Å². The van der Waals surface area contributed by atoms with Crippen LogP contribution in [0.15, 0.2) is 70.2 Å². The number of hydrogen-bond donors (Lipinski definition) is 1. The van der Waals surface area contributed by atoms with E-state index in [1.807, 2.05) is 12.1 Å². The van der Waals surface area contributed by atoms with Gasteiger partial charge in [-0.1, -0.05) is 53.2 Å². The standard InChI is InChI=1S/C27H26N4OS2/c1-16-7-5-8-21(13-16)25-29-26(32-30-25)23-19(4)31(15-22-9-6-12-34-22)27(33)28-24(23)20-11-10-17(2)18(3)14-20/h5-14,24H,15H2,1-4H3,(H,28,33). The van der Waals surface area contributed by atoms with Gasteiger partial charge in [-0.25, -0.2) is 0 Å². The zero-order valence-corrected chi connectivity index (χ0v) is 21.3. The summed E-state index contributed by atoms with van der Waals surface area (Å²) in [5.74, 6) is 1.08. The molecule has 2 aromatic heterocycles. The van der Waals surface area contributed by atoms with Crippen molar-refractivity contribution in [2.75, 3.05) is 0 Å². The molecule has 1 aliphatic rings. The second-order valence-electron chi connectivity index (χ2n) is 8.68. The molecule has 0 spiro atoms. The topological polar surface area (TPSA) is 54.2 Å². The normalized spacial score (nSPS) is 16.2. The molecule has 2 aromatic carbocycles. The maximum atomic E-state index is 5.87. The molecule has 0 amide bonds. The van der Waals surface area contributed by atoms with Crippen LogP contribution in [0.25, 0.3) is 17.0 Å². The first-order valence-electron chi connectivity index (χ1n) is 11.2. The third-order valence-corrected chi connectivity index (χ3v) is 7.49. The van der Waals surface area contributed by atoms with E-state index < -0.39 is 0 Å². The van der Waals surface area contributed by atoms with E-state index >= 15 is 0 Å². The lowest BCUT2D eigenvalue weighted by Crippen LogP contribution is -2.45. The van der Waals surface area contributed by atoms with Crippen molar-refractivity contribution in [2.24, 2.45) is 0 Å². The molecule has 3 heterocycles. The SMILES string of the molecule is CC1=C(c2nc(-c3cccc(C)c3)no2)C(c2ccc(C)c(C)c2)NC(=S)N1Cc1cccs1. The maximum Gasteiger partial charge on any atom is 0.258 e. The Morgan fingerprint density at radius 3 is 2.62 bits per heavy atom. The number of benzene rings is 2. The zero-order chi connectivity index (χ0) is 23.8. The smallest absolute Gasteiger partial charge is 0.258 e. The van der Waals surface area contributed by atoms with Gasteiger partial charge in [0.05, 0.1) is 18.2 Å². The Balaban J connectivity index is 1.62. The molecule has 0 aliphatic carbocycles. The highest BCUT2D eigenvalue weighted by molar-refractivity contribution is 7.80. The molecule has 0 fully saturated rings. The molecule has 0 radical (unpaired) electrons. The van der Waals surface area contributed by atoms with Crippen LogP contribution in [0.1, 0.15) is 46.0 Å². The predicted octanol–water partition coefficient (Wildman–Crippen LogP) is 6.59. The minimum absolute atomic E-state index is 0.183. The number of allylic oxidation sites excluding steroid dienone is 1. The van der Waals surface area contributed by atoms with E-state index in [4.69, 9.17) is 21.7 Å². The first-order valence-corrected chi connectivity index (χ1v) is 12.5. The molecule has 0 saturated carbocycles. The molecule has 172 valence electrons. The van der Waals surface area contributed by atoms with Crippen molar-refractivity contribution in [3.05, 3.63) is 98.7 Å². The summed E-state index contributed by atoms with van der Waals surface area (Å²) < 4.78 is 5.87. The molecule has 1 atom stereocenters. The van der Waals surface area contributed by atoms with Crippen molar-refractivity contribution in [2.45, 2.75) is 40.3 Å². The third kappa shape index (κ3) is 4.29. The Morgan fingerprint density at radius 2 is 1.88 bits per heavy atom. The number of aromatic nitrogens is 2. The van der Waals surface area contributed by atoms with E-state index in [0.717, 1.165) is 28.0 Å². The highest BCUT2D eigenvalue weighted by Gasteiger charge is 2.34. The van der Waals surface area contributed by atoms with Crippen LogP contribution in [0, 0.1) is 20.8 Å². The van der Waals surface area contributed by atoms with Gasteiger partial charge in [-0.15, -0.1) is 11.3 Å². The molecule has 5 rings (SSSR count). The van der Waals surface area contributed by atoms with E-state index in [1.54, 1.807) is 11.3 Å². The molecular weight excluding hydrogens is 460 g/mol. The number of aryl methyl sites for hydroxylation is 3. The Labute approximate surface area is 209 Å². The van der Waals surface area contributed by atoms with E-state index in [-0.39, 0.29) is 6.04 Å². The van der Waals surface area contributed by atoms with E-state index in [9.17, 15) is 0 Å². The van der Waals surface area contributed by atoms with Crippen molar-refractivity contribution in [1.82, 2.24) is 20.4 Å². The van der Waals surface area contributed by atoms with Crippen molar-refractivity contribution in [3.63, 3.8) is 0 Å². The second-order valence-corrected chi connectivity index (χ2v) is 10.1. The monoisotopic (exact) mass is 486 g/mol. The van der Waals surface area contributed by atoms with Crippen molar-refractivity contribution in [3.8, 4) is 11.4 Å². The van der Waals surface area contributed by atoms with Gasteiger partial charge in [-0.05, 0) is 74.1 Å². The van der Waals surface area contributed by atoms with Crippen LogP contribution in [-0.2, 0) is 6.54 Å². The van der Waals surface area contributed by atoms with Crippen LogP contribution in [0.2, 0.25) is 0 Å². The van der Waals surface area contributed by atoms with Crippen molar-refractivity contribution < 1.29 is 4.52 Å². The zero-order valence-electron chi connectivity index (χ0n) is 19.6. The molecule has 4 aromatic rings. The summed E-state index contributed by atoms with van der Waals surface area (Å²) in [5, 5.41) is 10.6. The molecule has 1 aliphatic heterocycles. The van der Waals surface area contributed by atoms with Crippen LogP contribution in [0.4, 0.5) is 0 Å². The van der Waals surface area contributed by atoms with Gasteiger partial charge in [0, 0.05) is 16.1 Å². The fraction of sp³-hybridized carbons (Fsp3) is 0.222. The third-order valence-electron chi connectivity index (χ3n) is 6.29. The highest BCUT2D eigenvalue weighted by Crippen LogP contribution is 2.38. The molecule has 0 saturated heterocycles. The van der Waals surface area contributed by atoms with E-state index in [1.165, 1.54) is 16.0 Å². The molecule has 1 unspecified atom stereocenters. The van der Waals surface area contributed by atoms with Crippen molar-refractivity contribution >= 4 is 34.2 Å². The number of thiophene rings is 1. The summed E-state index contributed by atoms with van der Waals surface area (Å²) >= 11 is 7.55. The average Bonchev–Trinajstić information content (AvgIpc) is 3.50. The minimum Gasteiger partial charge on any atom is -0.351 e. The van der Waals surface area contributed by atoms with Crippen LogP contribution in [-0.4, -0.2) is 20.2 Å². The van der Waals surface area contributed by atoms with Gasteiger partial charge in [0.1, 0.15) is 0 Å². The van der Waals surface area contributed by atoms with Crippen molar-refractivity contribution in [1.29, 1.82) is 0 Å². The predicted molar refractivity (Wildman–Crippen MR) is 141 cm³/mol. The fourth-order valence-electron chi connectivity index (χ4n) is 4.24. The number of nitrogens with zero attached hydrogens (tertiary/aromatic N) is 3. The average molecular weight is 487 g/mol.